The van der Waals surface area contributed by atoms with Crippen LogP contribution in [0.4, 0.5) is 5.13 Å². The van der Waals surface area contributed by atoms with Crippen molar-refractivity contribution in [2.24, 2.45) is 0 Å². The molecule has 1 aliphatic rings. The fourth-order valence-electron chi connectivity index (χ4n) is 2.12. The van der Waals surface area contributed by atoms with Crippen LogP contribution in [0, 0.1) is 6.92 Å². The third-order valence-corrected chi connectivity index (χ3v) is 6.15. The summed E-state index contributed by atoms with van der Waals surface area (Å²) in [6.07, 6.45) is 2.29. The average Bonchev–Trinajstić information content (AvgIpc) is 2.62. The number of aryl methyl sites for hydroxylation is 1. The van der Waals surface area contributed by atoms with E-state index >= 15 is 0 Å². The Bertz CT molecular complexity index is 518. The van der Waals surface area contributed by atoms with Crippen LogP contribution in [-0.4, -0.2) is 30.7 Å². The van der Waals surface area contributed by atoms with Gasteiger partial charge in [0.15, 0.2) is 9.34 Å². The molecule has 0 radical (unpaired) electrons. The molecular weight excluding hydrogens is 274 g/mol. The van der Waals surface area contributed by atoms with E-state index in [0.717, 1.165) is 11.3 Å². The first kappa shape index (κ1) is 13.7. The van der Waals surface area contributed by atoms with Gasteiger partial charge in [-0.1, -0.05) is 11.3 Å². The van der Waals surface area contributed by atoms with E-state index in [4.69, 9.17) is 5.73 Å². The zero-order valence-corrected chi connectivity index (χ0v) is 11.7. The standard InChI is InChI=1S/C10H17N3O3S2/c1-6-9(17-10(11)12-6)18(15,16)13-7-2-4-8(14)5-3-7/h7-8,13-14H,2-5H2,1H3,(H2,11,12). The minimum absolute atomic E-state index is 0.110. The van der Waals surface area contributed by atoms with Crippen molar-refractivity contribution in [1.29, 1.82) is 0 Å². The Labute approximate surface area is 110 Å². The van der Waals surface area contributed by atoms with Gasteiger partial charge in [0, 0.05) is 6.04 Å². The number of nitrogens with zero attached hydrogens (tertiary/aromatic N) is 1. The molecule has 0 aliphatic heterocycles. The highest BCUT2D eigenvalue weighted by molar-refractivity contribution is 7.91. The fourth-order valence-corrected chi connectivity index (χ4v) is 4.74. The maximum atomic E-state index is 12.2. The molecule has 1 heterocycles. The van der Waals surface area contributed by atoms with Crippen LogP contribution in [0.25, 0.3) is 0 Å². The van der Waals surface area contributed by atoms with E-state index in [1.54, 1.807) is 6.92 Å². The van der Waals surface area contributed by atoms with Crippen molar-refractivity contribution >= 4 is 26.5 Å². The molecule has 1 aromatic heterocycles. The Morgan fingerprint density at radius 2 is 2.00 bits per heavy atom. The highest BCUT2D eigenvalue weighted by atomic mass is 32.2. The van der Waals surface area contributed by atoms with Crippen molar-refractivity contribution in [2.75, 3.05) is 5.73 Å². The number of thiazole rings is 1. The van der Waals surface area contributed by atoms with Crippen LogP contribution in [0.3, 0.4) is 0 Å². The summed E-state index contributed by atoms with van der Waals surface area (Å²) in [5.74, 6) is 0. The molecule has 2 rings (SSSR count). The first-order chi connectivity index (χ1) is 8.38. The molecule has 0 spiro atoms. The van der Waals surface area contributed by atoms with E-state index in [1.807, 2.05) is 0 Å². The molecule has 0 aromatic carbocycles. The largest absolute Gasteiger partial charge is 0.393 e. The average molecular weight is 291 g/mol. The molecule has 0 bridgehead atoms. The van der Waals surface area contributed by atoms with Gasteiger partial charge in [0.2, 0.25) is 0 Å². The normalized spacial score (nSPS) is 25.2. The Morgan fingerprint density at radius 3 is 2.50 bits per heavy atom. The lowest BCUT2D eigenvalue weighted by Crippen LogP contribution is -2.38. The quantitative estimate of drug-likeness (QED) is 0.757. The summed E-state index contributed by atoms with van der Waals surface area (Å²) in [5.41, 5.74) is 5.94. The first-order valence-electron chi connectivity index (χ1n) is 5.82. The SMILES string of the molecule is Cc1nc(N)sc1S(=O)(=O)NC1CCC(O)CC1. The van der Waals surface area contributed by atoms with Gasteiger partial charge in [-0.15, -0.1) is 0 Å². The lowest BCUT2D eigenvalue weighted by molar-refractivity contribution is 0.120. The van der Waals surface area contributed by atoms with Crippen molar-refractivity contribution in [3.8, 4) is 0 Å². The molecule has 1 fully saturated rings. The molecule has 4 N–H and O–H groups in total. The van der Waals surface area contributed by atoms with Gasteiger partial charge < -0.3 is 10.8 Å². The zero-order valence-electron chi connectivity index (χ0n) is 10.1. The Kier molecular flexibility index (Phi) is 3.90. The third-order valence-electron chi connectivity index (χ3n) is 3.03. The predicted octanol–water partition coefficient (Wildman–Crippen LogP) is 0.616. The van der Waals surface area contributed by atoms with Crippen molar-refractivity contribution < 1.29 is 13.5 Å². The topological polar surface area (TPSA) is 105 Å². The second kappa shape index (κ2) is 5.12. The lowest BCUT2D eigenvalue weighted by atomic mass is 9.94. The number of nitrogens with one attached hydrogen (secondary N) is 1. The first-order valence-corrected chi connectivity index (χ1v) is 8.12. The third kappa shape index (κ3) is 3.00. The van der Waals surface area contributed by atoms with Crippen LogP contribution in [0.5, 0.6) is 0 Å². The second-order valence-corrected chi connectivity index (χ2v) is 7.49. The maximum absolute atomic E-state index is 12.2. The minimum Gasteiger partial charge on any atom is -0.393 e. The number of nitrogens with two attached hydrogens (primary N) is 1. The monoisotopic (exact) mass is 291 g/mol. The van der Waals surface area contributed by atoms with E-state index < -0.39 is 10.0 Å². The number of aliphatic hydroxyl groups excluding tert-OH is 1. The molecule has 0 unspecified atom stereocenters. The summed E-state index contributed by atoms with van der Waals surface area (Å²) in [6, 6.07) is -0.110. The summed E-state index contributed by atoms with van der Waals surface area (Å²) >= 11 is 0.977. The molecule has 0 atom stereocenters. The number of hydrogen-bond acceptors (Lipinski definition) is 6. The van der Waals surface area contributed by atoms with Gasteiger partial charge in [-0.2, -0.15) is 0 Å². The minimum atomic E-state index is -3.54. The van der Waals surface area contributed by atoms with Gasteiger partial charge in [0.1, 0.15) is 0 Å². The predicted molar refractivity (Wildman–Crippen MR) is 69.8 cm³/mol. The smallest absolute Gasteiger partial charge is 0.252 e. The van der Waals surface area contributed by atoms with E-state index in [9.17, 15) is 13.5 Å². The molecule has 102 valence electrons. The van der Waals surface area contributed by atoms with Gasteiger partial charge >= 0.3 is 0 Å². The second-order valence-electron chi connectivity index (χ2n) is 4.55. The molecule has 18 heavy (non-hydrogen) atoms. The van der Waals surface area contributed by atoms with Gasteiger partial charge in [0.05, 0.1) is 11.8 Å². The van der Waals surface area contributed by atoms with Crippen molar-refractivity contribution in [3.63, 3.8) is 0 Å². The van der Waals surface area contributed by atoms with Crippen LogP contribution >= 0.6 is 11.3 Å². The number of hydrogen-bond donors (Lipinski definition) is 3. The number of rotatable bonds is 3. The highest BCUT2D eigenvalue weighted by Gasteiger charge is 2.27. The van der Waals surface area contributed by atoms with Crippen LogP contribution in [-0.2, 0) is 10.0 Å². The van der Waals surface area contributed by atoms with Crippen LogP contribution < -0.4 is 10.5 Å². The molecule has 0 amide bonds. The van der Waals surface area contributed by atoms with Crippen LogP contribution in [0.1, 0.15) is 31.4 Å². The van der Waals surface area contributed by atoms with Gasteiger partial charge in [-0.05, 0) is 32.6 Å². The molecule has 1 aromatic rings. The Hall–Kier alpha value is -0.700. The van der Waals surface area contributed by atoms with Crippen LogP contribution in [0.2, 0.25) is 0 Å². The summed E-state index contributed by atoms with van der Waals surface area (Å²) < 4.78 is 27.2. The molecule has 0 saturated heterocycles. The van der Waals surface area contributed by atoms with Gasteiger partial charge in [-0.3, -0.25) is 0 Å². The maximum Gasteiger partial charge on any atom is 0.252 e. The Morgan fingerprint density at radius 1 is 1.39 bits per heavy atom. The number of sulfonamides is 1. The molecular formula is C10H17N3O3S2. The van der Waals surface area contributed by atoms with Gasteiger partial charge in [0.25, 0.3) is 10.0 Å². The summed E-state index contributed by atoms with van der Waals surface area (Å²) in [5, 5.41) is 9.64. The number of aromatic nitrogens is 1. The van der Waals surface area contributed by atoms with E-state index in [2.05, 4.69) is 9.71 Å². The Balaban J connectivity index is 2.10. The fraction of sp³-hybridized carbons (Fsp3) is 0.700. The summed E-state index contributed by atoms with van der Waals surface area (Å²) in [6.45, 7) is 1.63. The van der Waals surface area contributed by atoms with E-state index in [0.29, 0.717) is 31.4 Å². The number of aliphatic hydroxyl groups is 1. The highest BCUT2D eigenvalue weighted by Crippen LogP contribution is 2.26. The molecule has 1 aliphatic carbocycles. The molecule has 8 heteroatoms. The van der Waals surface area contributed by atoms with Crippen molar-refractivity contribution in [2.45, 2.75) is 49.0 Å². The molecule has 1 saturated carbocycles. The lowest BCUT2D eigenvalue weighted by Gasteiger charge is -2.25. The van der Waals surface area contributed by atoms with E-state index in [1.165, 1.54) is 0 Å². The number of nitrogen functional groups attached to an aromatic ring is 1. The van der Waals surface area contributed by atoms with Gasteiger partial charge in [-0.25, -0.2) is 18.1 Å². The number of anilines is 1. The summed E-state index contributed by atoms with van der Waals surface area (Å²) in [7, 11) is -3.54. The van der Waals surface area contributed by atoms with Crippen molar-refractivity contribution in [3.05, 3.63) is 5.69 Å². The van der Waals surface area contributed by atoms with Crippen LogP contribution in [0.15, 0.2) is 4.21 Å². The zero-order chi connectivity index (χ0) is 13.3. The molecule has 6 nitrogen and oxygen atoms in total. The summed E-state index contributed by atoms with van der Waals surface area (Å²) in [4.78, 5) is 3.92. The van der Waals surface area contributed by atoms with Crippen molar-refractivity contribution in [1.82, 2.24) is 9.71 Å². The van der Waals surface area contributed by atoms with E-state index in [-0.39, 0.29) is 21.5 Å².